The molecule has 0 radical (unpaired) electrons. The van der Waals surface area contributed by atoms with E-state index in [4.69, 9.17) is 25.8 Å². The number of aromatic nitrogens is 2. The topological polar surface area (TPSA) is 96.9 Å². The second-order valence-electron chi connectivity index (χ2n) is 9.85. The maximum Gasteiger partial charge on any atom is 0.273 e. The quantitative estimate of drug-likeness (QED) is 0.194. The first-order valence-corrected chi connectivity index (χ1v) is 13.8. The van der Waals surface area contributed by atoms with Gasteiger partial charge in [-0.05, 0) is 72.1 Å². The van der Waals surface area contributed by atoms with E-state index < -0.39 is 6.04 Å². The van der Waals surface area contributed by atoms with Crippen LogP contribution in [0, 0.1) is 0 Å². The van der Waals surface area contributed by atoms with Gasteiger partial charge in [-0.15, -0.1) is 0 Å². The monoisotopic (exact) mass is 581 g/mol. The Labute approximate surface area is 248 Å². The Hall–Kier alpha value is -4.95. The molecule has 1 amide bonds. The molecule has 8 nitrogen and oxygen atoms in total. The van der Waals surface area contributed by atoms with Gasteiger partial charge in [-0.2, -0.15) is 5.10 Å². The normalized spacial score (nSPS) is 14.1. The molecule has 1 atom stereocenters. The van der Waals surface area contributed by atoms with Crippen LogP contribution in [0.2, 0.25) is 5.02 Å². The second-order valence-corrected chi connectivity index (χ2v) is 10.3. The predicted molar refractivity (Wildman–Crippen MR) is 160 cm³/mol. The summed E-state index contributed by atoms with van der Waals surface area (Å²) < 4.78 is 17.0. The standard InChI is InChI=1S/C33H28ClN3O5/c1-40-27-14-11-20(17-28(27)41-2)15-16-37-32(21-7-6-10-24(18-21)42-23-8-4-3-5-9-23)29-30(35-36-31(29)33(37)39)25-19-22(34)12-13-26(25)38/h3-14,17-19,32,38H,15-16H2,1-2H3,(H,35,36). The number of aromatic amines is 1. The number of phenols is 1. The van der Waals surface area contributed by atoms with E-state index in [-0.39, 0.29) is 11.7 Å². The van der Waals surface area contributed by atoms with Gasteiger partial charge in [0, 0.05) is 22.7 Å². The van der Waals surface area contributed by atoms with E-state index in [0.29, 0.717) is 63.5 Å². The van der Waals surface area contributed by atoms with Crippen LogP contribution in [-0.4, -0.2) is 46.9 Å². The zero-order chi connectivity index (χ0) is 29.2. The van der Waals surface area contributed by atoms with Gasteiger partial charge in [0.2, 0.25) is 0 Å². The van der Waals surface area contributed by atoms with E-state index in [1.807, 2.05) is 77.7 Å². The smallest absolute Gasteiger partial charge is 0.273 e. The van der Waals surface area contributed by atoms with Crippen LogP contribution in [0.25, 0.3) is 11.3 Å². The van der Waals surface area contributed by atoms with E-state index in [0.717, 1.165) is 11.1 Å². The highest BCUT2D eigenvalue weighted by Crippen LogP contribution is 2.45. The summed E-state index contributed by atoms with van der Waals surface area (Å²) in [6, 6.07) is 27.2. The van der Waals surface area contributed by atoms with Crippen LogP contribution in [-0.2, 0) is 6.42 Å². The Morgan fingerprint density at radius 1 is 0.905 bits per heavy atom. The average molecular weight is 582 g/mol. The molecule has 2 heterocycles. The minimum Gasteiger partial charge on any atom is -0.507 e. The van der Waals surface area contributed by atoms with Crippen molar-refractivity contribution < 1.29 is 24.1 Å². The molecule has 4 aromatic carbocycles. The number of hydrogen-bond acceptors (Lipinski definition) is 6. The fourth-order valence-corrected chi connectivity index (χ4v) is 5.51. The number of amides is 1. The van der Waals surface area contributed by atoms with Crippen molar-refractivity contribution in [2.24, 2.45) is 0 Å². The summed E-state index contributed by atoms with van der Waals surface area (Å²) >= 11 is 6.29. The maximum atomic E-state index is 13.9. The predicted octanol–water partition coefficient (Wildman–Crippen LogP) is 7.03. The van der Waals surface area contributed by atoms with Crippen LogP contribution in [0.3, 0.4) is 0 Å². The van der Waals surface area contributed by atoms with Crippen LogP contribution in [0.15, 0.2) is 91.0 Å². The highest BCUT2D eigenvalue weighted by molar-refractivity contribution is 6.31. The number of para-hydroxylation sites is 1. The molecule has 5 aromatic rings. The molecule has 6 rings (SSSR count). The van der Waals surface area contributed by atoms with E-state index in [2.05, 4.69) is 10.2 Å². The van der Waals surface area contributed by atoms with Crippen molar-refractivity contribution in [3.63, 3.8) is 0 Å². The molecule has 1 aliphatic heterocycles. The number of ether oxygens (including phenoxy) is 3. The summed E-state index contributed by atoms with van der Waals surface area (Å²) in [7, 11) is 3.19. The lowest BCUT2D eigenvalue weighted by molar-refractivity contribution is 0.0745. The molecule has 0 saturated carbocycles. The van der Waals surface area contributed by atoms with Gasteiger partial charge < -0.3 is 24.2 Å². The molecule has 0 bridgehead atoms. The molecular weight excluding hydrogens is 554 g/mol. The van der Waals surface area contributed by atoms with Gasteiger partial charge in [0.05, 0.1) is 20.3 Å². The van der Waals surface area contributed by atoms with Crippen LogP contribution in [0.5, 0.6) is 28.7 Å². The number of hydrogen-bond donors (Lipinski definition) is 2. The van der Waals surface area contributed by atoms with Gasteiger partial charge >= 0.3 is 0 Å². The lowest BCUT2D eigenvalue weighted by atomic mass is 9.95. The number of halogens is 1. The first-order valence-electron chi connectivity index (χ1n) is 13.4. The maximum absolute atomic E-state index is 13.9. The van der Waals surface area contributed by atoms with E-state index >= 15 is 0 Å². The van der Waals surface area contributed by atoms with Gasteiger partial charge in [-0.1, -0.05) is 48.0 Å². The van der Waals surface area contributed by atoms with Crippen LogP contribution in [0.4, 0.5) is 0 Å². The fraction of sp³-hybridized carbons (Fsp3) is 0.152. The highest BCUT2D eigenvalue weighted by Gasteiger charge is 2.42. The summed E-state index contributed by atoms with van der Waals surface area (Å²) in [6.07, 6.45) is 0.568. The van der Waals surface area contributed by atoms with Crippen molar-refractivity contribution in [2.75, 3.05) is 20.8 Å². The SMILES string of the molecule is COc1ccc(CCN2C(=O)c3[nH]nc(-c4cc(Cl)ccc4O)c3C2c2cccc(Oc3ccccc3)c2)cc1OC. The second kappa shape index (κ2) is 11.5. The number of carbonyl (C=O) groups excluding carboxylic acids is 1. The Morgan fingerprint density at radius 3 is 2.48 bits per heavy atom. The molecular formula is C33H28ClN3O5. The lowest BCUT2D eigenvalue weighted by Crippen LogP contribution is -2.31. The van der Waals surface area contributed by atoms with Crippen molar-refractivity contribution in [3.05, 3.63) is 118 Å². The summed E-state index contributed by atoms with van der Waals surface area (Å²) in [6.45, 7) is 0.409. The minimum absolute atomic E-state index is 0.0184. The summed E-state index contributed by atoms with van der Waals surface area (Å²) in [5.74, 6) is 2.43. The first-order chi connectivity index (χ1) is 20.5. The van der Waals surface area contributed by atoms with Crippen LogP contribution < -0.4 is 14.2 Å². The number of phenolic OH excluding ortho intramolecular Hbond substituents is 1. The number of nitrogens with one attached hydrogen (secondary N) is 1. The summed E-state index contributed by atoms with van der Waals surface area (Å²) in [4.78, 5) is 15.7. The average Bonchev–Trinajstić information content (AvgIpc) is 3.56. The molecule has 0 fully saturated rings. The van der Waals surface area contributed by atoms with Crippen LogP contribution in [0.1, 0.15) is 33.2 Å². The largest absolute Gasteiger partial charge is 0.507 e. The third kappa shape index (κ3) is 5.12. The molecule has 0 spiro atoms. The zero-order valence-corrected chi connectivity index (χ0v) is 23.8. The number of benzene rings is 4. The Bertz CT molecular complexity index is 1750. The summed E-state index contributed by atoms with van der Waals surface area (Å²) in [5.41, 5.74) is 3.77. The lowest BCUT2D eigenvalue weighted by Gasteiger charge is -2.27. The van der Waals surface area contributed by atoms with Crippen molar-refractivity contribution in [3.8, 4) is 40.0 Å². The van der Waals surface area contributed by atoms with Crippen molar-refractivity contribution in [1.82, 2.24) is 15.1 Å². The van der Waals surface area contributed by atoms with Crippen molar-refractivity contribution >= 4 is 17.5 Å². The van der Waals surface area contributed by atoms with Gasteiger partial charge in [0.25, 0.3) is 5.91 Å². The number of aromatic hydroxyl groups is 1. The molecule has 1 aromatic heterocycles. The van der Waals surface area contributed by atoms with E-state index in [1.165, 1.54) is 6.07 Å². The van der Waals surface area contributed by atoms with Gasteiger partial charge in [-0.3, -0.25) is 9.89 Å². The van der Waals surface area contributed by atoms with E-state index in [9.17, 15) is 9.90 Å². The molecule has 0 saturated heterocycles. The molecule has 9 heteroatoms. The number of H-pyrrole nitrogens is 1. The number of carbonyl (C=O) groups is 1. The molecule has 212 valence electrons. The van der Waals surface area contributed by atoms with Gasteiger partial charge in [0.1, 0.15) is 28.6 Å². The zero-order valence-electron chi connectivity index (χ0n) is 23.0. The number of methoxy groups -OCH3 is 2. The molecule has 0 aliphatic carbocycles. The number of fused-ring (bicyclic) bond motifs is 1. The third-order valence-corrected chi connectivity index (χ3v) is 7.55. The third-order valence-electron chi connectivity index (χ3n) is 7.32. The molecule has 2 N–H and O–H groups in total. The Kier molecular flexibility index (Phi) is 7.46. The molecule has 1 aliphatic rings. The fourth-order valence-electron chi connectivity index (χ4n) is 5.34. The Balaban J connectivity index is 1.41. The van der Waals surface area contributed by atoms with E-state index in [1.54, 1.807) is 26.4 Å². The highest BCUT2D eigenvalue weighted by atomic mass is 35.5. The summed E-state index contributed by atoms with van der Waals surface area (Å²) in [5, 5.41) is 18.6. The first kappa shape index (κ1) is 27.2. The van der Waals surface area contributed by atoms with Gasteiger partial charge in [0.15, 0.2) is 11.5 Å². The minimum atomic E-state index is -0.501. The molecule has 42 heavy (non-hydrogen) atoms. The van der Waals surface area contributed by atoms with Gasteiger partial charge in [-0.25, -0.2) is 0 Å². The van der Waals surface area contributed by atoms with Crippen molar-refractivity contribution in [1.29, 1.82) is 0 Å². The Morgan fingerprint density at radius 2 is 1.69 bits per heavy atom. The molecule has 1 unspecified atom stereocenters. The number of rotatable bonds is 9. The van der Waals surface area contributed by atoms with Crippen molar-refractivity contribution in [2.45, 2.75) is 12.5 Å². The number of nitrogens with zero attached hydrogens (tertiary/aromatic N) is 2. The van der Waals surface area contributed by atoms with Crippen LogP contribution >= 0.6 is 11.6 Å².